The number of benzene rings is 1. The van der Waals surface area contributed by atoms with Gasteiger partial charge in [0.1, 0.15) is 11.9 Å². The van der Waals surface area contributed by atoms with Gasteiger partial charge in [-0.1, -0.05) is 78.3 Å². The summed E-state index contributed by atoms with van der Waals surface area (Å²) in [5.74, 6) is 1.97. The molecule has 214 valence electrons. The van der Waals surface area contributed by atoms with Crippen molar-refractivity contribution in [2.24, 2.45) is 50.2 Å². The number of para-hydroxylation sites is 1. The number of allylic oxidation sites excluding steroid dienone is 2. The number of carboxylic acid groups (broad SMARTS) is 1. The van der Waals surface area contributed by atoms with Crippen LogP contribution in [0.4, 0.5) is 0 Å². The molecule has 5 aliphatic rings. The van der Waals surface area contributed by atoms with E-state index in [4.69, 9.17) is 4.74 Å². The molecular formula is C36H52O3. The SMILES string of the molecule is CC1(C)CC[C@]2(C(=O)O)CC=C3[C@]4(C)CC[C@@H]5C(C)(C)[C@H](Oc6ccccc6)CC[C@]5(C)[C@H]4CC[C@@]3(C)[C@@H]2C1. The maximum absolute atomic E-state index is 12.9. The van der Waals surface area contributed by atoms with Gasteiger partial charge in [-0.2, -0.15) is 0 Å². The molecule has 3 heteroatoms. The second kappa shape index (κ2) is 8.62. The van der Waals surface area contributed by atoms with Crippen LogP contribution in [0.5, 0.6) is 5.75 Å². The Morgan fingerprint density at radius 2 is 1.44 bits per heavy atom. The Kier molecular flexibility index (Phi) is 6.06. The highest BCUT2D eigenvalue weighted by molar-refractivity contribution is 5.76. The molecule has 1 aromatic rings. The molecule has 1 N–H and O–H groups in total. The predicted molar refractivity (Wildman–Crippen MR) is 158 cm³/mol. The largest absolute Gasteiger partial charge is 0.490 e. The van der Waals surface area contributed by atoms with Gasteiger partial charge in [0.2, 0.25) is 0 Å². The van der Waals surface area contributed by atoms with Crippen LogP contribution in [0.3, 0.4) is 0 Å². The molecule has 0 bridgehead atoms. The fourth-order valence-electron chi connectivity index (χ4n) is 11.7. The van der Waals surface area contributed by atoms with E-state index in [1.807, 2.05) is 0 Å². The molecule has 0 amide bonds. The summed E-state index contributed by atoms with van der Waals surface area (Å²) in [6.07, 6.45) is 13.5. The molecule has 4 fully saturated rings. The summed E-state index contributed by atoms with van der Waals surface area (Å²) in [4.78, 5) is 12.9. The Bertz CT molecular complexity index is 1160. The lowest BCUT2D eigenvalue weighted by Crippen LogP contribution is -2.64. The third-order valence-electron chi connectivity index (χ3n) is 13.7. The van der Waals surface area contributed by atoms with Gasteiger partial charge in [0, 0.05) is 5.41 Å². The smallest absolute Gasteiger partial charge is 0.310 e. The summed E-state index contributed by atoms with van der Waals surface area (Å²) in [5.41, 5.74) is 1.83. The standard InChI is InChI=1S/C36H52O3/c1-31(2)21-22-36(30(37)38)20-15-27-34(6)17-13-25-32(3,4)29(39-24-11-9-8-10-12-24)16-19-33(25,5)26(34)14-18-35(27,7)28(36)23-31/h8-12,15,25-26,28-29H,13-14,16-23H2,1-7H3,(H,37,38)/t25-,26-,28+,29-,33+,34-,35-,36-/m1/s1. The van der Waals surface area contributed by atoms with Crippen molar-refractivity contribution < 1.29 is 14.6 Å². The fraction of sp³-hybridized carbons (Fsp3) is 0.750. The molecule has 6 rings (SSSR count). The van der Waals surface area contributed by atoms with Crippen LogP contribution < -0.4 is 4.74 Å². The Balaban J connectivity index is 1.34. The third-order valence-corrected chi connectivity index (χ3v) is 13.7. The van der Waals surface area contributed by atoms with Gasteiger partial charge in [-0.3, -0.25) is 4.79 Å². The molecule has 0 aliphatic heterocycles. The van der Waals surface area contributed by atoms with Crippen molar-refractivity contribution in [1.82, 2.24) is 0 Å². The molecule has 0 aromatic heterocycles. The number of carbonyl (C=O) groups is 1. The summed E-state index contributed by atoms with van der Waals surface area (Å²) in [7, 11) is 0. The first-order valence-electron chi connectivity index (χ1n) is 15.9. The molecule has 0 radical (unpaired) electrons. The van der Waals surface area contributed by atoms with E-state index < -0.39 is 11.4 Å². The van der Waals surface area contributed by atoms with E-state index in [1.165, 1.54) is 25.7 Å². The number of hydrogen-bond donors (Lipinski definition) is 1. The van der Waals surface area contributed by atoms with Gasteiger partial charge in [0.05, 0.1) is 5.41 Å². The summed E-state index contributed by atoms with van der Waals surface area (Å²) < 4.78 is 6.67. The Hall–Kier alpha value is -1.77. The average Bonchev–Trinajstić information content (AvgIpc) is 2.86. The zero-order valence-electron chi connectivity index (χ0n) is 25.6. The average molecular weight is 533 g/mol. The van der Waals surface area contributed by atoms with Crippen molar-refractivity contribution in [2.75, 3.05) is 0 Å². The number of ether oxygens (including phenoxy) is 1. The van der Waals surface area contributed by atoms with Gasteiger partial charge in [0.25, 0.3) is 0 Å². The van der Waals surface area contributed by atoms with Gasteiger partial charge in [0.15, 0.2) is 0 Å². The van der Waals surface area contributed by atoms with Crippen LogP contribution in [0, 0.1) is 50.2 Å². The molecule has 0 unspecified atom stereocenters. The summed E-state index contributed by atoms with van der Waals surface area (Å²) in [6.45, 7) is 17.4. The highest BCUT2D eigenvalue weighted by Gasteiger charge is 2.68. The minimum atomic E-state index is -0.576. The number of aliphatic carboxylic acids is 1. The molecule has 3 nitrogen and oxygen atoms in total. The molecule has 1 aromatic carbocycles. The van der Waals surface area contributed by atoms with Crippen molar-refractivity contribution in [3.8, 4) is 5.75 Å². The number of hydrogen-bond acceptors (Lipinski definition) is 2. The fourth-order valence-corrected chi connectivity index (χ4v) is 11.7. The predicted octanol–water partition coefficient (Wildman–Crippen LogP) is 9.32. The second-order valence-electron chi connectivity index (χ2n) is 16.5. The maximum Gasteiger partial charge on any atom is 0.310 e. The normalized spacial score (nSPS) is 46.0. The first-order chi connectivity index (χ1) is 18.2. The van der Waals surface area contributed by atoms with Crippen LogP contribution in [0.1, 0.15) is 113 Å². The highest BCUT2D eigenvalue weighted by Crippen LogP contribution is 2.75. The molecule has 39 heavy (non-hydrogen) atoms. The van der Waals surface area contributed by atoms with Crippen molar-refractivity contribution in [3.05, 3.63) is 42.0 Å². The topological polar surface area (TPSA) is 46.5 Å². The van der Waals surface area contributed by atoms with Gasteiger partial charge in [-0.05, 0) is 116 Å². The third kappa shape index (κ3) is 3.76. The maximum atomic E-state index is 12.9. The number of fused-ring (bicyclic) bond motifs is 7. The van der Waals surface area contributed by atoms with Gasteiger partial charge in [-0.25, -0.2) is 0 Å². The Morgan fingerprint density at radius 1 is 0.795 bits per heavy atom. The first-order valence-corrected chi connectivity index (χ1v) is 15.9. The zero-order valence-corrected chi connectivity index (χ0v) is 25.6. The molecule has 0 spiro atoms. The van der Waals surface area contributed by atoms with E-state index in [-0.39, 0.29) is 39.1 Å². The van der Waals surface area contributed by atoms with Crippen LogP contribution in [0.2, 0.25) is 0 Å². The lowest BCUT2D eigenvalue weighted by Gasteiger charge is -2.70. The summed E-state index contributed by atoms with van der Waals surface area (Å²) in [5, 5.41) is 10.6. The van der Waals surface area contributed by atoms with Crippen molar-refractivity contribution >= 4 is 5.97 Å². The lowest BCUT2D eigenvalue weighted by molar-refractivity contribution is -0.187. The van der Waals surface area contributed by atoms with Gasteiger partial charge >= 0.3 is 5.97 Å². The summed E-state index contributed by atoms with van der Waals surface area (Å²) in [6, 6.07) is 10.4. The van der Waals surface area contributed by atoms with Gasteiger partial charge < -0.3 is 9.84 Å². The molecule has 0 saturated heterocycles. The van der Waals surface area contributed by atoms with Crippen LogP contribution in [-0.4, -0.2) is 17.2 Å². The van der Waals surface area contributed by atoms with Crippen LogP contribution in [0.25, 0.3) is 0 Å². The van der Waals surface area contributed by atoms with Crippen LogP contribution in [0.15, 0.2) is 42.0 Å². The van der Waals surface area contributed by atoms with E-state index in [0.717, 1.165) is 44.3 Å². The lowest BCUT2D eigenvalue weighted by atomic mass is 9.34. The quantitative estimate of drug-likeness (QED) is 0.395. The van der Waals surface area contributed by atoms with Crippen LogP contribution in [-0.2, 0) is 4.79 Å². The van der Waals surface area contributed by atoms with Crippen LogP contribution >= 0.6 is 0 Å². The van der Waals surface area contributed by atoms with Crippen molar-refractivity contribution in [1.29, 1.82) is 0 Å². The Labute approximate surface area is 237 Å². The Morgan fingerprint density at radius 3 is 2.10 bits per heavy atom. The van der Waals surface area contributed by atoms with Crippen molar-refractivity contribution in [2.45, 2.75) is 119 Å². The zero-order chi connectivity index (χ0) is 28.1. The van der Waals surface area contributed by atoms with E-state index in [1.54, 1.807) is 5.57 Å². The van der Waals surface area contributed by atoms with E-state index in [9.17, 15) is 9.90 Å². The highest BCUT2D eigenvalue weighted by atomic mass is 16.5. The van der Waals surface area contributed by atoms with E-state index in [0.29, 0.717) is 11.8 Å². The number of carboxylic acids is 1. The molecule has 8 atom stereocenters. The van der Waals surface area contributed by atoms with E-state index in [2.05, 4.69) is 84.9 Å². The van der Waals surface area contributed by atoms with Gasteiger partial charge in [-0.15, -0.1) is 0 Å². The second-order valence-corrected chi connectivity index (χ2v) is 16.5. The monoisotopic (exact) mass is 532 g/mol. The van der Waals surface area contributed by atoms with E-state index >= 15 is 0 Å². The minimum absolute atomic E-state index is 0.00802. The number of rotatable bonds is 3. The molecular weight excluding hydrogens is 480 g/mol. The first kappa shape index (κ1) is 27.4. The van der Waals surface area contributed by atoms with Crippen molar-refractivity contribution in [3.63, 3.8) is 0 Å². The molecule has 0 heterocycles. The minimum Gasteiger partial charge on any atom is -0.490 e. The summed E-state index contributed by atoms with van der Waals surface area (Å²) >= 11 is 0. The molecule has 5 aliphatic carbocycles. The molecule has 4 saturated carbocycles.